The van der Waals surface area contributed by atoms with Gasteiger partial charge in [-0.15, -0.1) is 0 Å². The molecule has 0 saturated carbocycles. The molecule has 0 amide bonds. The number of rotatable bonds is 2. The fraction of sp³-hybridized carbons (Fsp3) is 0.846. The van der Waals surface area contributed by atoms with Crippen molar-refractivity contribution in [1.29, 1.82) is 0 Å². The molecule has 0 aromatic heterocycles. The Bertz CT molecular complexity index is 343. The van der Waals surface area contributed by atoms with E-state index in [-0.39, 0.29) is 23.4 Å². The summed E-state index contributed by atoms with van der Waals surface area (Å²) in [5.74, 6) is 0. The summed E-state index contributed by atoms with van der Waals surface area (Å²) >= 11 is 0. The molecule has 0 spiro atoms. The van der Waals surface area contributed by atoms with Crippen LogP contribution in [0, 0.1) is 0 Å². The Morgan fingerprint density at radius 2 is 1.88 bits per heavy atom. The summed E-state index contributed by atoms with van der Waals surface area (Å²) in [7, 11) is -1.77. The standard InChI is InChI=1S/C13H24O3Si/c1-8-7-9(14)11-12(15-11)10(8)16-17(5,6)13(2,3)4/h7,9-12,14H,1-6H3/t9-,10+,11-,12+/m1/s1. The number of aliphatic hydroxyl groups is 1. The van der Waals surface area contributed by atoms with E-state index in [1.807, 2.05) is 13.0 Å². The Labute approximate surface area is 105 Å². The summed E-state index contributed by atoms with van der Waals surface area (Å²) < 4.78 is 11.9. The predicted octanol–water partition coefficient (Wildman–Crippen LogP) is 2.47. The molecule has 1 aliphatic carbocycles. The van der Waals surface area contributed by atoms with Crippen molar-refractivity contribution in [2.45, 2.75) is 70.2 Å². The topological polar surface area (TPSA) is 42.0 Å². The number of hydrogen-bond acceptors (Lipinski definition) is 3. The maximum Gasteiger partial charge on any atom is 0.193 e. The smallest absolute Gasteiger partial charge is 0.193 e. The van der Waals surface area contributed by atoms with Gasteiger partial charge in [0.05, 0.1) is 6.10 Å². The van der Waals surface area contributed by atoms with Crippen molar-refractivity contribution in [2.75, 3.05) is 0 Å². The van der Waals surface area contributed by atoms with Crippen molar-refractivity contribution in [3.63, 3.8) is 0 Å². The minimum atomic E-state index is -1.77. The molecule has 3 nitrogen and oxygen atoms in total. The van der Waals surface area contributed by atoms with Crippen molar-refractivity contribution < 1.29 is 14.3 Å². The molecule has 0 aromatic rings. The third-order valence-electron chi connectivity index (χ3n) is 4.31. The van der Waals surface area contributed by atoms with Gasteiger partial charge in [0, 0.05) is 0 Å². The molecule has 0 aromatic carbocycles. The summed E-state index contributed by atoms with van der Waals surface area (Å²) in [5, 5.41) is 9.92. The zero-order valence-corrected chi connectivity index (χ0v) is 12.7. The third-order valence-corrected chi connectivity index (χ3v) is 8.76. The molecule has 1 fully saturated rings. The van der Waals surface area contributed by atoms with Gasteiger partial charge in [0.1, 0.15) is 18.3 Å². The van der Waals surface area contributed by atoms with E-state index in [9.17, 15) is 5.11 Å². The monoisotopic (exact) mass is 256 g/mol. The van der Waals surface area contributed by atoms with Gasteiger partial charge < -0.3 is 14.3 Å². The molecule has 0 radical (unpaired) electrons. The van der Waals surface area contributed by atoms with Crippen LogP contribution in [0.3, 0.4) is 0 Å². The summed E-state index contributed by atoms with van der Waals surface area (Å²) in [4.78, 5) is 0. The fourth-order valence-electron chi connectivity index (χ4n) is 2.03. The van der Waals surface area contributed by atoms with Crippen LogP contribution in [0.1, 0.15) is 27.7 Å². The molecule has 4 atom stereocenters. The molecule has 17 heavy (non-hydrogen) atoms. The van der Waals surface area contributed by atoms with E-state index >= 15 is 0 Å². The summed E-state index contributed by atoms with van der Waals surface area (Å²) in [5.41, 5.74) is 1.11. The predicted molar refractivity (Wildman–Crippen MR) is 70.5 cm³/mol. The number of epoxide rings is 1. The molecule has 2 aliphatic rings. The zero-order chi connectivity index (χ0) is 13.0. The SMILES string of the molecule is CC1=C[C@@H](O)[C@H]2O[C@H]2[C@H]1O[Si](C)(C)C(C)(C)C. The van der Waals surface area contributed by atoms with Gasteiger partial charge in [-0.25, -0.2) is 0 Å². The first-order chi connectivity index (χ1) is 7.63. The van der Waals surface area contributed by atoms with Crippen LogP contribution in [0.25, 0.3) is 0 Å². The van der Waals surface area contributed by atoms with E-state index in [4.69, 9.17) is 9.16 Å². The van der Waals surface area contributed by atoms with Crippen LogP contribution in [-0.4, -0.2) is 37.8 Å². The van der Waals surface area contributed by atoms with E-state index < -0.39 is 14.4 Å². The fourth-order valence-corrected chi connectivity index (χ4v) is 3.34. The Balaban J connectivity index is 2.12. The quantitative estimate of drug-likeness (QED) is 0.469. The molecular formula is C13H24O3Si. The lowest BCUT2D eigenvalue weighted by Gasteiger charge is -2.40. The number of aliphatic hydroxyl groups excluding tert-OH is 1. The Kier molecular flexibility index (Phi) is 3.06. The second-order valence-electron chi connectivity index (χ2n) is 6.77. The summed E-state index contributed by atoms with van der Waals surface area (Å²) in [6, 6.07) is 0. The third kappa shape index (κ3) is 2.36. The van der Waals surface area contributed by atoms with E-state index in [1.165, 1.54) is 0 Å². The number of ether oxygens (including phenoxy) is 1. The van der Waals surface area contributed by atoms with Gasteiger partial charge >= 0.3 is 0 Å². The lowest BCUT2D eigenvalue weighted by molar-refractivity contribution is 0.167. The molecule has 1 aliphatic heterocycles. The minimum Gasteiger partial charge on any atom is -0.408 e. The molecule has 2 rings (SSSR count). The number of hydrogen-bond donors (Lipinski definition) is 1. The van der Waals surface area contributed by atoms with Crippen molar-refractivity contribution in [3.05, 3.63) is 11.6 Å². The highest BCUT2D eigenvalue weighted by Crippen LogP contribution is 2.43. The highest BCUT2D eigenvalue weighted by atomic mass is 28.4. The van der Waals surface area contributed by atoms with Gasteiger partial charge in [-0.2, -0.15) is 0 Å². The van der Waals surface area contributed by atoms with Crippen molar-refractivity contribution in [2.24, 2.45) is 0 Å². The van der Waals surface area contributed by atoms with Crippen LogP contribution in [0.15, 0.2) is 11.6 Å². The number of fused-ring (bicyclic) bond motifs is 1. The maximum atomic E-state index is 9.72. The molecule has 1 N–H and O–H groups in total. The van der Waals surface area contributed by atoms with Crippen LogP contribution < -0.4 is 0 Å². The molecular weight excluding hydrogens is 232 g/mol. The summed E-state index contributed by atoms with van der Waals surface area (Å²) in [6.45, 7) is 13.2. The zero-order valence-electron chi connectivity index (χ0n) is 11.7. The minimum absolute atomic E-state index is 0.0338. The Morgan fingerprint density at radius 1 is 1.29 bits per heavy atom. The first-order valence-corrected chi connectivity index (χ1v) is 9.24. The molecule has 98 valence electrons. The van der Waals surface area contributed by atoms with Crippen LogP contribution in [0.4, 0.5) is 0 Å². The van der Waals surface area contributed by atoms with Gasteiger partial charge in [0.25, 0.3) is 0 Å². The average Bonchev–Trinajstić information content (AvgIpc) is 2.89. The van der Waals surface area contributed by atoms with E-state index in [2.05, 4.69) is 33.9 Å². The van der Waals surface area contributed by atoms with E-state index in [1.54, 1.807) is 0 Å². The van der Waals surface area contributed by atoms with Gasteiger partial charge in [-0.1, -0.05) is 26.8 Å². The maximum absolute atomic E-state index is 9.72. The second kappa shape index (κ2) is 3.92. The second-order valence-corrected chi connectivity index (χ2v) is 11.5. The molecule has 0 bridgehead atoms. The lowest BCUT2D eigenvalue weighted by atomic mass is 9.96. The highest BCUT2D eigenvalue weighted by Gasteiger charge is 2.54. The highest BCUT2D eigenvalue weighted by molar-refractivity contribution is 6.74. The lowest BCUT2D eigenvalue weighted by Crippen LogP contribution is -2.47. The van der Waals surface area contributed by atoms with Gasteiger partial charge in [-0.3, -0.25) is 0 Å². The molecule has 1 saturated heterocycles. The normalized spacial score (nSPS) is 37.5. The van der Waals surface area contributed by atoms with E-state index in [0.29, 0.717) is 0 Å². The van der Waals surface area contributed by atoms with Gasteiger partial charge in [-0.05, 0) is 30.6 Å². The van der Waals surface area contributed by atoms with Crippen LogP contribution in [-0.2, 0) is 9.16 Å². The van der Waals surface area contributed by atoms with Crippen LogP contribution >= 0.6 is 0 Å². The van der Waals surface area contributed by atoms with Crippen molar-refractivity contribution >= 4 is 8.32 Å². The summed E-state index contributed by atoms with van der Waals surface area (Å²) in [6.07, 6.45) is 1.52. The molecule has 1 heterocycles. The molecule has 4 heteroatoms. The van der Waals surface area contributed by atoms with Crippen molar-refractivity contribution in [3.8, 4) is 0 Å². The van der Waals surface area contributed by atoms with Gasteiger partial charge in [0.2, 0.25) is 0 Å². The Hall–Kier alpha value is -0.163. The van der Waals surface area contributed by atoms with E-state index in [0.717, 1.165) is 5.57 Å². The van der Waals surface area contributed by atoms with Crippen molar-refractivity contribution in [1.82, 2.24) is 0 Å². The Morgan fingerprint density at radius 3 is 2.41 bits per heavy atom. The average molecular weight is 256 g/mol. The van der Waals surface area contributed by atoms with Gasteiger partial charge in [0.15, 0.2) is 8.32 Å². The van der Waals surface area contributed by atoms with Crippen LogP contribution in [0.5, 0.6) is 0 Å². The largest absolute Gasteiger partial charge is 0.408 e. The first kappa shape index (κ1) is 13.3. The first-order valence-electron chi connectivity index (χ1n) is 6.33. The molecule has 0 unspecified atom stereocenters. The van der Waals surface area contributed by atoms with Crippen LogP contribution in [0.2, 0.25) is 18.1 Å².